The van der Waals surface area contributed by atoms with E-state index in [-0.39, 0.29) is 5.91 Å². The van der Waals surface area contributed by atoms with Gasteiger partial charge in [0.1, 0.15) is 0 Å². The van der Waals surface area contributed by atoms with Crippen LogP contribution in [0.4, 0.5) is 5.95 Å². The van der Waals surface area contributed by atoms with Crippen LogP contribution in [0.15, 0.2) is 65.7 Å². The van der Waals surface area contributed by atoms with Gasteiger partial charge in [0.15, 0.2) is 5.16 Å². The van der Waals surface area contributed by atoms with E-state index in [1.165, 1.54) is 35.9 Å². The van der Waals surface area contributed by atoms with E-state index >= 15 is 0 Å². The number of para-hydroxylation sites is 1. The lowest BCUT2D eigenvalue weighted by Gasteiger charge is -2.27. The molecule has 4 rings (SSSR count). The smallest absolute Gasteiger partial charge is 0.233 e. The fourth-order valence-corrected chi connectivity index (χ4v) is 5.25. The third-order valence-corrected chi connectivity index (χ3v) is 7.00. The Labute approximate surface area is 191 Å². The van der Waals surface area contributed by atoms with Gasteiger partial charge in [-0.1, -0.05) is 42.1 Å². The molecular weight excluding hydrogens is 426 g/mol. The second kappa shape index (κ2) is 10.6. The summed E-state index contributed by atoms with van der Waals surface area (Å²) >= 11 is 3.10. The third kappa shape index (κ3) is 5.37. The predicted octanol–water partition coefficient (Wildman–Crippen LogP) is 4.63. The minimum Gasteiger partial charge on any atom is -0.341 e. The maximum Gasteiger partial charge on any atom is 0.233 e. The SMILES string of the molecule is C=CCN(Cc1cccs1)C(=O)CSc1nnc(N2CCCCC2)n1-c1ccccc1. The summed E-state index contributed by atoms with van der Waals surface area (Å²) in [5, 5.41) is 11.8. The highest BCUT2D eigenvalue weighted by atomic mass is 32.2. The lowest BCUT2D eigenvalue weighted by Crippen LogP contribution is -2.32. The molecule has 0 saturated carbocycles. The van der Waals surface area contributed by atoms with Crippen LogP contribution in [0.5, 0.6) is 0 Å². The Morgan fingerprint density at radius 1 is 1.13 bits per heavy atom. The summed E-state index contributed by atoms with van der Waals surface area (Å²) in [5.74, 6) is 1.24. The van der Waals surface area contributed by atoms with Crippen molar-refractivity contribution in [2.75, 3.05) is 30.3 Å². The number of aromatic nitrogens is 3. The molecular formula is C23H27N5OS2. The van der Waals surface area contributed by atoms with Gasteiger partial charge in [-0.25, -0.2) is 0 Å². The number of amides is 1. The molecule has 1 saturated heterocycles. The second-order valence-corrected chi connectivity index (χ2v) is 9.41. The van der Waals surface area contributed by atoms with Crippen molar-refractivity contribution in [3.63, 3.8) is 0 Å². The molecule has 1 amide bonds. The molecule has 1 fully saturated rings. The van der Waals surface area contributed by atoms with Gasteiger partial charge >= 0.3 is 0 Å². The van der Waals surface area contributed by atoms with Gasteiger partial charge in [0.25, 0.3) is 0 Å². The summed E-state index contributed by atoms with van der Waals surface area (Å²) in [6, 6.07) is 14.2. The first-order valence-corrected chi connectivity index (χ1v) is 12.4. The lowest BCUT2D eigenvalue weighted by atomic mass is 10.1. The Morgan fingerprint density at radius 3 is 2.65 bits per heavy atom. The first-order valence-electron chi connectivity index (χ1n) is 10.6. The highest BCUT2D eigenvalue weighted by molar-refractivity contribution is 7.99. The number of benzene rings is 1. The summed E-state index contributed by atoms with van der Waals surface area (Å²) in [6.07, 6.45) is 5.37. The average molecular weight is 454 g/mol. The molecule has 0 spiro atoms. The average Bonchev–Trinajstić information content (AvgIpc) is 3.48. The summed E-state index contributed by atoms with van der Waals surface area (Å²) in [5.41, 5.74) is 1.02. The Balaban J connectivity index is 1.52. The molecule has 0 atom stereocenters. The first kappa shape index (κ1) is 21.6. The van der Waals surface area contributed by atoms with E-state index < -0.39 is 0 Å². The van der Waals surface area contributed by atoms with Crippen molar-refractivity contribution in [2.45, 2.75) is 31.0 Å². The van der Waals surface area contributed by atoms with Gasteiger partial charge in [0.05, 0.1) is 18.0 Å². The van der Waals surface area contributed by atoms with Gasteiger partial charge in [-0.05, 0) is 42.8 Å². The number of thioether (sulfide) groups is 1. The van der Waals surface area contributed by atoms with Crippen LogP contribution in [0.25, 0.3) is 5.69 Å². The maximum atomic E-state index is 13.0. The first-order chi connectivity index (χ1) is 15.3. The van der Waals surface area contributed by atoms with Crippen molar-refractivity contribution >= 4 is 35.0 Å². The highest BCUT2D eigenvalue weighted by Gasteiger charge is 2.23. The van der Waals surface area contributed by atoms with E-state index in [0.29, 0.717) is 18.8 Å². The van der Waals surface area contributed by atoms with Crippen molar-refractivity contribution in [1.29, 1.82) is 0 Å². The fourth-order valence-electron chi connectivity index (χ4n) is 3.68. The van der Waals surface area contributed by atoms with Crippen molar-refractivity contribution in [2.24, 2.45) is 0 Å². The molecule has 3 heterocycles. The van der Waals surface area contributed by atoms with Crippen LogP contribution in [-0.2, 0) is 11.3 Å². The summed E-state index contributed by atoms with van der Waals surface area (Å²) in [4.78, 5) is 18.3. The number of carbonyl (C=O) groups is 1. The van der Waals surface area contributed by atoms with Gasteiger partial charge in [-0.15, -0.1) is 28.1 Å². The van der Waals surface area contributed by atoms with Crippen molar-refractivity contribution < 1.29 is 4.79 Å². The van der Waals surface area contributed by atoms with Crippen LogP contribution >= 0.6 is 23.1 Å². The highest BCUT2D eigenvalue weighted by Crippen LogP contribution is 2.28. The van der Waals surface area contributed by atoms with Crippen LogP contribution in [0.3, 0.4) is 0 Å². The number of rotatable bonds is 9. The Bertz CT molecular complexity index is 981. The minimum absolute atomic E-state index is 0.0698. The molecule has 162 valence electrons. The molecule has 2 aromatic heterocycles. The van der Waals surface area contributed by atoms with E-state index in [1.807, 2.05) is 34.5 Å². The van der Waals surface area contributed by atoms with Gasteiger partial charge < -0.3 is 9.80 Å². The van der Waals surface area contributed by atoms with E-state index in [9.17, 15) is 4.79 Å². The van der Waals surface area contributed by atoms with Crippen molar-refractivity contribution in [3.8, 4) is 5.69 Å². The molecule has 0 N–H and O–H groups in total. The zero-order valence-corrected chi connectivity index (χ0v) is 19.2. The fraction of sp³-hybridized carbons (Fsp3) is 0.348. The maximum absolute atomic E-state index is 13.0. The van der Waals surface area contributed by atoms with E-state index in [0.717, 1.165) is 29.9 Å². The quantitative estimate of drug-likeness (QED) is 0.349. The summed E-state index contributed by atoms with van der Waals surface area (Å²) < 4.78 is 2.08. The third-order valence-electron chi connectivity index (χ3n) is 5.22. The molecule has 6 nitrogen and oxygen atoms in total. The molecule has 1 aliphatic heterocycles. The number of anilines is 1. The molecule has 0 radical (unpaired) electrons. The largest absolute Gasteiger partial charge is 0.341 e. The number of hydrogen-bond donors (Lipinski definition) is 0. The van der Waals surface area contributed by atoms with E-state index in [4.69, 9.17) is 0 Å². The van der Waals surface area contributed by atoms with Crippen LogP contribution < -0.4 is 4.90 Å². The number of piperidine rings is 1. The standard InChI is InChI=1S/C23H27N5OS2/c1-2-13-27(17-20-12-9-16-30-20)21(29)18-31-23-25-24-22(26-14-7-4-8-15-26)28(23)19-10-5-3-6-11-19/h2-3,5-6,9-12,16H,1,4,7-8,13-15,17-18H2. The number of thiophene rings is 1. The monoisotopic (exact) mass is 453 g/mol. The second-order valence-electron chi connectivity index (χ2n) is 7.43. The zero-order chi connectivity index (χ0) is 21.5. The van der Waals surface area contributed by atoms with Crippen LogP contribution in [0, 0.1) is 0 Å². The minimum atomic E-state index is 0.0698. The molecule has 3 aromatic rings. The summed E-state index contributed by atoms with van der Waals surface area (Å²) in [7, 11) is 0. The molecule has 1 aromatic carbocycles. The van der Waals surface area contributed by atoms with Crippen molar-refractivity contribution in [3.05, 3.63) is 65.4 Å². The molecule has 1 aliphatic rings. The topological polar surface area (TPSA) is 54.3 Å². The van der Waals surface area contributed by atoms with Crippen LogP contribution in [0.2, 0.25) is 0 Å². The Hall–Kier alpha value is -2.58. The Morgan fingerprint density at radius 2 is 1.94 bits per heavy atom. The molecule has 31 heavy (non-hydrogen) atoms. The predicted molar refractivity (Wildman–Crippen MR) is 128 cm³/mol. The normalized spacial score (nSPS) is 13.9. The van der Waals surface area contributed by atoms with Crippen LogP contribution in [0.1, 0.15) is 24.1 Å². The van der Waals surface area contributed by atoms with E-state index in [1.54, 1.807) is 17.4 Å². The van der Waals surface area contributed by atoms with Gasteiger partial charge in [-0.2, -0.15) is 0 Å². The molecule has 0 unspecified atom stereocenters. The number of carbonyl (C=O) groups excluding carboxylic acids is 1. The Kier molecular flexibility index (Phi) is 7.43. The van der Waals surface area contributed by atoms with Gasteiger partial charge in [0.2, 0.25) is 11.9 Å². The van der Waals surface area contributed by atoms with Crippen molar-refractivity contribution in [1.82, 2.24) is 19.7 Å². The molecule has 0 aliphatic carbocycles. The van der Waals surface area contributed by atoms with Gasteiger partial charge in [0, 0.05) is 24.5 Å². The number of hydrogen-bond acceptors (Lipinski definition) is 6. The van der Waals surface area contributed by atoms with Gasteiger partial charge in [-0.3, -0.25) is 9.36 Å². The molecule has 0 bridgehead atoms. The lowest BCUT2D eigenvalue weighted by molar-refractivity contribution is -0.128. The van der Waals surface area contributed by atoms with Crippen LogP contribution in [-0.4, -0.2) is 51.0 Å². The zero-order valence-electron chi connectivity index (χ0n) is 17.5. The summed E-state index contributed by atoms with van der Waals surface area (Å²) in [6.45, 7) is 6.92. The molecule has 8 heteroatoms. The van der Waals surface area contributed by atoms with E-state index in [2.05, 4.69) is 44.4 Å². The number of nitrogens with zero attached hydrogens (tertiary/aromatic N) is 5.